The van der Waals surface area contributed by atoms with Gasteiger partial charge in [-0.2, -0.15) is 0 Å². The molecule has 20 atom stereocenters. The smallest absolute Gasteiger partial charge is 0.331 e. The molecule has 4 saturated heterocycles. The van der Waals surface area contributed by atoms with Gasteiger partial charge in [-0.05, 0) is 61.9 Å². The first kappa shape index (κ1) is 57.1. The van der Waals surface area contributed by atoms with Crippen LogP contribution in [0.25, 0.3) is 28.4 Å². The quantitative estimate of drug-likeness (QED) is 0.0431. The van der Waals surface area contributed by atoms with Gasteiger partial charge in [-0.15, -0.1) is 0 Å². The molecule has 0 saturated carbocycles. The van der Waals surface area contributed by atoms with Crippen molar-refractivity contribution in [3.63, 3.8) is 0 Å². The second kappa shape index (κ2) is 23.9. The number of esters is 2. The molecule has 27 heteroatoms. The molecule has 420 valence electrons. The Hall–Kier alpha value is -6.09. The highest BCUT2D eigenvalue weighted by Crippen LogP contribution is 2.40. The fourth-order valence-electron chi connectivity index (χ4n) is 8.94. The fraction of sp³-hybridized carbons (Fsp3) is 0.500. The normalized spacial score (nSPS) is 35.6. The van der Waals surface area contributed by atoms with Crippen molar-refractivity contribution in [3.8, 4) is 40.1 Å². The third-order valence-electron chi connectivity index (χ3n) is 13.1. The minimum absolute atomic E-state index is 0.0533. The van der Waals surface area contributed by atoms with Gasteiger partial charge in [-0.25, -0.2) is 4.79 Å². The summed E-state index contributed by atoms with van der Waals surface area (Å²) in [4.78, 5) is 39.5. The molecule has 0 amide bonds. The van der Waals surface area contributed by atoms with E-state index in [1.54, 1.807) is 0 Å². The van der Waals surface area contributed by atoms with E-state index in [4.69, 9.17) is 51.8 Å². The number of rotatable bonds is 15. The number of phenolic OH excluding ortho intramolecular Hbond substituents is 3. The molecule has 3 aromatic carbocycles. The summed E-state index contributed by atoms with van der Waals surface area (Å²) < 4.78 is 63.5. The van der Waals surface area contributed by atoms with E-state index in [0.717, 1.165) is 25.1 Å². The van der Waals surface area contributed by atoms with Crippen LogP contribution in [0.4, 0.5) is 0 Å². The molecule has 0 aliphatic carbocycles. The van der Waals surface area contributed by atoms with E-state index in [0.29, 0.717) is 5.56 Å². The van der Waals surface area contributed by atoms with Gasteiger partial charge in [-0.1, -0.05) is 12.1 Å². The lowest BCUT2D eigenvalue weighted by molar-refractivity contribution is -0.361. The van der Waals surface area contributed by atoms with Crippen LogP contribution in [0.1, 0.15) is 26.3 Å². The molecule has 20 unspecified atom stereocenters. The van der Waals surface area contributed by atoms with Crippen LogP contribution in [0.15, 0.2) is 76.0 Å². The highest BCUT2D eigenvalue weighted by molar-refractivity contribution is 5.88. The summed E-state index contributed by atoms with van der Waals surface area (Å²) in [6, 6.07) is 12.8. The van der Waals surface area contributed by atoms with Gasteiger partial charge in [0.1, 0.15) is 107 Å². The van der Waals surface area contributed by atoms with Gasteiger partial charge in [0, 0.05) is 30.7 Å². The number of phenols is 3. The van der Waals surface area contributed by atoms with Crippen LogP contribution in [0.3, 0.4) is 0 Å². The van der Waals surface area contributed by atoms with Gasteiger partial charge in [0.05, 0.1) is 25.4 Å². The monoisotopic (exact) mass is 1090 g/mol. The predicted molar refractivity (Wildman–Crippen MR) is 253 cm³/mol. The second-order valence-corrected chi connectivity index (χ2v) is 18.6. The van der Waals surface area contributed by atoms with Crippen molar-refractivity contribution in [1.29, 1.82) is 0 Å². The SMILES string of the molecule is CC(=O)OC1C(C)OC(Oc2cc(O)c3c(=O)c(OC4OC(COC5OC(C)C(O)C(OC6OC(CO)C(O)C(O)C6O)C5OC(=O)C=Cc5ccc(O)cc5)C(O)C(O)C4O)c(-c4ccc(O)cc4)oc3c2)C(O)C1O. The molecule has 77 heavy (non-hydrogen) atoms. The largest absolute Gasteiger partial charge is 0.508 e. The summed E-state index contributed by atoms with van der Waals surface area (Å²) >= 11 is 0. The molecule has 4 aromatic rings. The van der Waals surface area contributed by atoms with Gasteiger partial charge in [-0.3, -0.25) is 9.59 Å². The van der Waals surface area contributed by atoms with E-state index >= 15 is 0 Å². The maximum absolute atomic E-state index is 14.5. The number of hydrogen-bond donors (Lipinski definition) is 13. The number of carbonyl (C=O) groups is 2. The Bertz CT molecular complexity index is 2770. The molecule has 4 fully saturated rings. The summed E-state index contributed by atoms with van der Waals surface area (Å²) in [5, 5.41) is 139. The highest BCUT2D eigenvalue weighted by Gasteiger charge is 2.53. The summed E-state index contributed by atoms with van der Waals surface area (Å²) in [6.07, 6.45) is -32.5. The average molecular weight is 1090 g/mol. The minimum atomic E-state index is -2.14. The van der Waals surface area contributed by atoms with E-state index in [1.807, 2.05) is 0 Å². The number of ether oxygens (including phenoxy) is 10. The third kappa shape index (κ3) is 12.3. The van der Waals surface area contributed by atoms with Crippen molar-refractivity contribution >= 4 is 29.0 Å². The molecule has 4 aliphatic rings. The van der Waals surface area contributed by atoms with Crippen molar-refractivity contribution in [2.45, 2.75) is 144 Å². The summed E-state index contributed by atoms with van der Waals surface area (Å²) in [5.74, 6) is -4.33. The zero-order valence-electron chi connectivity index (χ0n) is 40.9. The van der Waals surface area contributed by atoms with Crippen LogP contribution in [0, 0.1) is 0 Å². The van der Waals surface area contributed by atoms with Crippen molar-refractivity contribution < 1.29 is 128 Å². The Kier molecular flexibility index (Phi) is 17.7. The lowest BCUT2D eigenvalue weighted by Gasteiger charge is -2.47. The standard InChI is InChI=1S/C50H58O27/c1-18-32(57)44(76-48-39(64)36(61)33(58)28(16-51)73-48)46(75-30(56)13-6-21-4-9-23(53)10-5-21)50(68-18)67-17-29-34(59)37(62)40(65)49(74-29)77-45-35(60)31-26(55)14-25(15-27(31)72-43(45)22-7-11-24(54)12-8-22)71-47-41(66)38(63)42(19(2)69-47)70-20(3)52/h4-15,18-19,28-29,32-34,36-42,44,46-51,53-55,57-59,61-66H,16-17H2,1-3H3. The maximum atomic E-state index is 14.5. The molecule has 0 spiro atoms. The van der Waals surface area contributed by atoms with Crippen LogP contribution in [0.5, 0.6) is 28.7 Å². The average Bonchev–Trinajstić information content (AvgIpc) is 3.43. The van der Waals surface area contributed by atoms with E-state index in [9.17, 15) is 80.8 Å². The maximum Gasteiger partial charge on any atom is 0.331 e. The zero-order valence-corrected chi connectivity index (χ0v) is 40.9. The number of carbonyl (C=O) groups excluding carboxylic acids is 2. The lowest BCUT2D eigenvalue weighted by atomic mass is 9.97. The van der Waals surface area contributed by atoms with Crippen LogP contribution >= 0.6 is 0 Å². The molecule has 0 radical (unpaired) electrons. The van der Waals surface area contributed by atoms with Crippen LogP contribution in [0.2, 0.25) is 0 Å². The molecule has 27 nitrogen and oxygen atoms in total. The van der Waals surface area contributed by atoms with Crippen molar-refractivity contribution in [2.24, 2.45) is 0 Å². The first-order valence-corrected chi connectivity index (χ1v) is 24.0. The molecule has 8 rings (SSSR count). The van der Waals surface area contributed by atoms with Crippen molar-refractivity contribution in [3.05, 3.63) is 82.5 Å². The Balaban J connectivity index is 1.07. The topological polar surface area (TPSA) is 420 Å². The van der Waals surface area contributed by atoms with E-state index in [1.165, 1.54) is 68.5 Å². The molecule has 0 bridgehead atoms. The Morgan fingerprint density at radius 3 is 1.84 bits per heavy atom. The second-order valence-electron chi connectivity index (χ2n) is 18.6. The van der Waals surface area contributed by atoms with Crippen molar-refractivity contribution in [1.82, 2.24) is 0 Å². The first-order chi connectivity index (χ1) is 36.5. The summed E-state index contributed by atoms with van der Waals surface area (Å²) in [5.41, 5.74) is -0.984. The Morgan fingerprint density at radius 1 is 0.610 bits per heavy atom. The predicted octanol–water partition coefficient (Wildman–Crippen LogP) is -2.53. The molecule has 13 N–H and O–H groups in total. The number of fused-ring (bicyclic) bond motifs is 1. The lowest BCUT2D eigenvalue weighted by Crippen LogP contribution is -2.65. The Labute approximate surface area is 435 Å². The van der Waals surface area contributed by atoms with Crippen LogP contribution in [-0.2, 0) is 47.5 Å². The number of aliphatic hydroxyl groups is 10. The van der Waals surface area contributed by atoms with E-state index in [2.05, 4.69) is 0 Å². The van der Waals surface area contributed by atoms with Crippen LogP contribution < -0.4 is 14.9 Å². The number of hydrogen-bond acceptors (Lipinski definition) is 27. The minimum Gasteiger partial charge on any atom is -0.508 e. The third-order valence-corrected chi connectivity index (χ3v) is 13.1. The first-order valence-electron chi connectivity index (χ1n) is 24.0. The Morgan fingerprint density at radius 2 is 1.19 bits per heavy atom. The highest BCUT2D eigenvalue weighted by atomic mass is 16.8. The van der Waals surface area contributed by atoms with Gasteiger partial charge >= 0.3 is 11.9 Å². The van der Waals surface area contributed by atoms with E-state index < -0.39 is 176 Å². The van der Waals surface area contributed by atoms with Gasteiger partial charge in [0.2, 0.25) is 23.8 Å². The number of benzene rings is 3. The summed E-state index contributed by atoms with van der Waals surface area (Å²) in [7, 11) is 0. The summed E-state index contributed by atoms with van der Waals surface area (Å²) in [6.45, 7) is 2.22. The van der Waals surface area contributed by atoms with Crippen molar-refractivity contribution in [2.75, 3.05) is 13.2 Å². The zero-order chi connectivity index (χ0) is 55.7. The molecule has 1 aromatic heterocycles. The number of aliphatic hydroxyl groups excluding tert-OH is 10. The molecular weight excluding hydrogens is 1030 g/mol. The fourth-order valence-corrected chi connectivity index (χ4v) is 8.94. The number of aromatic hydroxyl groups is 3. The van der Waals surface area contributed by atoms with E-state index in [-0.39, 0.29) is 28.4 Å². The van der Waals surface area contributed by atoms with Gasteiger partial charge in [0.15, 0.2) is 30.5 Å². The van der Waals surface area contributed by atoms with Gasteiger partial charge < -0.3 is 118 Å². The van der Waals surface area contributed by atoms with Gasteiger partial charge in [0.25, 0.3) is 0 Å². The molecule has 5 heterocycles. The molecule has 4 aliphatic heterocycles. The molecular formula is C50H58O27. The van der Waals surface area contributed by atoms with Crippen LogP contribution in [-0.4, -0.2) is 214 Å².